The number of aromatic amines is 1. The van der Waals surface area contributed by atoms with Crippen LogP contribution in [-0.4, -0.2) is 24.0 Å². The molecule has 0 saturated heterocycles. The van der Waals surface area contributed by atoms with Gasteiger partial charge in [0, 0.05) is 22.7 Å². The van der Waals surface area contributed by atoms with Crippen molar-refractivity contribution in [3.8, 4) is 16.9 Å². The first-order chi connectivity index (χ1) is 14.2. The van der Waals surface area contributed by atoms with Gasteiger partial charge in [0.2, 0.25) is 5.91 Å². The Kier molecular flexibility index (Phi) is 5.56. The zero-order valence-electron chi connectivity index (χ0n) is 15.8. The molecule has 0 bridgehead atoms. The summed E-state index contributed by atoms with van der Waals surface area (Å²) in [6.45, 7) is 0.747. The Morgan fingerprint density at radius 2 is 1.79 bits per heavy atom. The third kappa shape index (κ3) is 4.46. The number of hydrogen-bond donors (Lipinski definition) is 2. The number of hydrogen-bond acceptors (Lipinski definition) is 2. The van der Waals surface area contributed by atoms with Crippen LogP contribution in [-0.2, 0) is 11.2 Å². The van der Waals surface area contributed by atoms with Gasteiger partial charge in [-0.25, -0.2) is 4.39 Å². The first-order valence-electron chi connectivity index (χ1n) is 9.50. The molecule has 0 aliphatic rings. The average molecular weight is 388 g/mol. The number of fused-ring (bicyclic) bond motifs is 1. The van der Waals surface area contributed by atoms with Crippen LogP contribution in [0.25, 0.3) is 22.0 Å². The number of halogens is 1. The molecule has 0 unspecified atom stereocenters. The van der Waals surface area contributed by atoms with Crippen molar-refractivity contribution in [2.45, 2.75) is 6.42 Å². The lowest BCUT2D eigenvalue weighted by molar-refractivity contribution is -0.120. The predicted molar refractivity (Wildman–Crippen MR) is 112 cm³/mol. The molecular weight excluding hydrogens is 367 g/mol. The monoisotopic (exact) mass is 388 g/mol. The van der Waals surface area contributed by atoms with Gasteiger partial charge in [-0.3, -0.25) is 4.79 Å². The number of H-pyrrole nitrogens is 1. The quantitative estimate of drug-likeness (QED) is 0.451. The van der Waals surface area contributed by atoms with Crippen LogP contribution in [0, 0.1) is 5.82 Å². The molecule has 5 heteroatoms. The minimum absolute atomic E-state index is 0.130. The van der Waals surface area contributed by atoms with Crippen molar-refractivity contribution >= 4 is 16.8 Å². The Balaban J connectivity index is 1.32. The molecule has 1 heterocycles. The smallest absolute Gasteiger partial charge is 0.224 e. The number of benzene rings is 3. The minimum atomic E-state index is -0.316. The molecule has 0 atom stereocenters. The maximum Gasteiger partial charge on any atom is 0.224 e. The molecule has 1 aromatic heterocycles. The fourth-order valence-corrected chi connectivity index (χ4v) is 3.33. The number of ether oxygens (including phenoxy) is 1. The third-order valence-electron chi connectivity index (χ3n) is 4.73. The van der Waals surface area contributed by atoms with Gasteiger partial charge in [0.05, 0.1) is 13.0 Å². The summed E-state index contributed by atoms with van der Waals surface area (Å²) in [4.78, 5) is 15.3. The van der Waals surface area contributed by atoms with Crippen molar-refractivity contribution in [1.82, 2.24) is 10.3 Å². The summed E-state index contributed by atoms with van der Waals surface area (Å²) in [5.74, 6) is 0.333. The van der Waals surface area contributed by atoms with Crippen molar-refractivity contribution in [2.24, 2.45) is 0 Å². The normalized spacial score (nSPS) is 10.8. The van der Waals surface area contributed by atoms with E-state index in [1.54, 1.807) is 12.3 Å². The van der Waals surface area contributed by atoms with Crippen LogP contribution in [0.5, 0.6) is 5.75 Å². The largest absolute Gasteiger partial charge is 0.491 e. The van der Waals surface area contributed by atoms with Crippen LogP contribution in [0.3, 0.4) is 0 Å². The molecule has 4 nitrogen and oxygen atoms in total. The fraction of sp³-hybridized carbons (Fsp3) is 0.125. The van der Waals surface area contributed by atoms with Gasteiger partial charge < -0.3 is 15.0 Å². The lowest BCUT2D eigenvalue weighted by Crippen LogP contribution is -2.29. The fourth-order valence-electron chi connectivity index (χ4n) is 3.33. The summed E-state index contributed by atoms with van der Waals surface area (Å²) < 4.78 is 19.4. The summed E-state index contributed by atoms with van der Waals surface area (Å²) >= 11 is 0. The molecule has 4 aromatic rings. The van der Waals surface area contributed by atoms with E-state index in [0.717, 1.165) is 33.3 Å². The Hall–Kier alpha value is -3.60. The van der Waals surface area contributed by atoms with Crippen LogP contribution in [0.4, 0.5) is 4.39 Å². The maximum atomic E-state index is 13.5. The van der Waals surface area contributed by atoms with Gasteiger partial charge in [-0.15, -0.1) is 0 Å². The van der Waals surface area contributed by atoms with Crippen molar-refractivity contribution < 1.29 is 13.9 Å². The van der Waals surface area contributed by atoms with E-state index in [9.17, 15) is 9.18 Å². The lowest BCUT2D eigenvalue weighted by atomic mass is 10.1. The van der Waals surface area contributed by atoms with Crippen LogP contribution in [0.2, 0.25) is 0 Å². The topological polar surface area (TPSA) is 54.1 Å². The third-order valence-corrected chi connectivity index (χ3v) is 4.73. The van der Waals surface area contributed by atoms with Gasteiger partial charge >= 0.3 is 0 Å². The highest BCUT2D eigenvalue weighted by atomic mass is 19.1. The van der Waals surface area contributed by atoms with Gasteiger partial charge in [0.25, 0.3) is 0 Å². The highest BCUT2D eigenvalue weighted by molar-refractivity contribution is 5.88. The van der Waals surface area contributed by atoms with Gasteiger partial charge in [0.1, 0.15) is 18.2 Å². The number of carbonyl (C=O) groups excluding carboxylic acids is 1. The Morgan fingerprint density at radius 3 is 2.66 bits per heavy atom. The number of nitrogens with one attached hydrogen (secondary N) is 2. The Morgan fingerprint density at radius 1 is 1.00 bits per heavy atom. The number of amides is 1. The number of carbonyl (C=O) groups is 1. The van der Waals surface area contributed by atoms with E-state index < -0.39 is 0 Å². The van der Waals surface area contributed by atoms with E-state index in [1.165, 1.54) is 12.1 Å². The first kappa shape index (κ1) is 18.7. The number of para-hydroxylation sites is 1. The van der Waals surface area contributed by atoms with E-state index in [1.807, 2.05) is 54.6 Å². The van der Waals surface area contributed by atoms with Gasteiger partial charge in [-0.2, -0.15) is 0 Å². The van der Waals surface area contributed by atoms with Crippen molar-refractivity contribution in [1.29, 1.82) is 0 Å². The molecule has 146 valence electrons. The zero-order valence-corrected chi connectivity index (χ0v) is 15.8. The van der Waals surface area contributed by atoms with E-state index in [-0.39, 0.29) is 18.1 Å². The van der Waals surface area contributed by atoms with Crippen molar-refractivity contribution in [3.05, 3.63) is 90.4 Å². The molecule has 2 N–H and O–H groups in total. The molecule has 0 aliphatic heterocycles. The van der Waals surface area contributed by atoms with Crippen LogP contribution in [0.15, 0.2) is 79.0 Å². The Bertz CT molecular complexity index is 1120. The lowest BCUT2D eigenvalue weighted by Gasteiger charge is -2.12. The van der Waals surface area contributed by atoms with E-state index in [2.05, 4.69) is 10.3 Å². The molecule has 4 rings (SSSR count). The number of aromatic nitrogens is 1. The predicted octanol–water partition coefficient (Wildman–Crippen LogP) is 4.71. The Labute approximate surface area is 168 Å². The van der Waals surface area contributed by atoms with E-state index >= 15 is 0 Å². The summed E-state index contributed by atoms with van der Waals surface area (Å²) in [5, 5.41) is 3.59. The standard InChI is InChI=1S/C24H21FN2O2/c25-19-10-11-22-21(15-19)18(16-27-22)14-24(28)26-12-13-29-23-9-5-4-8-20(23)17-6-2-1-3-7-17/h1-11,15-16,27H,12-14H2,(H,26,28). The number of rotatable bonds is 7. The summed E-state index contributed by atoms with van der Waals surface area (Å²) in [6.07, 6.45) is 1.93. The van der Waals surface area contributed by atoms with E-state index in [0.29, 0.717) is 13.2 Å². The second-order valence-corrected chi connectivity index (χ2v) is 6.74. The zero-order chi connectivity index (χ0) is 20.1. The SMILES string of the molecule is O=C(Cc1c[nH]c2ccc(F)cc12)NCCOc1ccccc1-c1ccccc1. The second-order valence-electron chi connectivity index (χ2n) is 6.74. The van der Waals surface area contributed by atoms with Crippen LogP contribution >= 0.6 is 0 Å². The second kappa shape index (κ2) is 8.61. The average Bonchev–Trinajstić information content (AvgIpc) is 3.14. The molecule has 0 fully saturated rings. The molecule has 0 radical (unpaired) electrons. The highest BCUT2D eigenvalue weighted by Gasteiger charge is 2.10. The molecule has 0 aliphatic carbocycles. The van der Waals surface area contributed by atoms with Gasteiger partial charge in [0.15, 0.2) is 0 Å². The highest BCUT2D eigenvalue weighted by Crippen LogP contribution is 2.29. The van der Waals surface area contributed by atoms with E-state index in [4.69, 9.17) is 4.74 Å². The molecule has 3 aromatic carbocycles. The molecule has 0 spiro atoms. The summed E-state index contributed by atoms with van der Waals surface area (Å²) in [6, 6.07) is 22.4. The van der Waals surface area contributed by atoms with Crippen molar-refractivity contribution in [3.63, 3.8) is 0 Å². The van der Waals surface area contributed by atoms with Crippen LogP contribution < -0.4 is 10.1 Å². The maximum absolute atomic E-state index is 13.5. The minimum Gasteiger partial charge on any atom is -0.491 e. The molecule has 29 heavy (non-hydrogen) atoms. The summed E-state index contributed by atoms with van der Waals surface area (Å²) in [7, 11) is 0. The summed E-state index contributed by atoms with van der Waals surface area (Å²) in [5.41, 5.74) is 3.68. The molecule has 1 amide bonds. The van der Waals surface area contributed by atoms with Crippen molar-refractivity contribution in [2.75, 3.05) is 13.2 Å². The van der Waals surface area contributed by atoms with Gasteiger partial charge in [-0.1, -0.05) is 48.5 Å². The molecular formula is C24H21FN2O2. The first-order valence-corrected chi connectivity index (χ1v) is 9.50. The van der Waals surface area contributed by atoms with Crippen LogP contribution in [0.1, 0.15) is 5.56 Å². The molecule has 0 saturated carbocycles. The van der Waals surface area contributed by atoms with Gasteiger partial charge in [-0.05, 0) is 35.4 Å².